The van der Waals surface area contributed by atoms with E-state index in [4.69, 9.17) is 5.73 Å². The van der Waals surface area contributed by atoms with Gasteiger partial charge in [-0.1, -0.05) is 17.2 Å². The summed E-state index contributed by atoms with van der Waals surface area (Å²) >= 11 is 1.82. The molecule has 1 unspecified atom stereocenters. The average molecular weight is 201 g/mol. The molecule has 0 spiro atoms. The van der Waals surface area contributed by atoms with E-state index in [9.17, 15) is 0 Å². The molecule has 0 aliphatic heterocycles. The van der Waals surface area contributed by atoms with Gasteiger partial charge in [-0.15, -0.1) is 0 Å². The van der Waals surface area contributed by atoms with Gasteiger partial charge in [0.25, 0.3) is 0 Å². The maximum Gasteiger partial charge on any atom is 0.117 e. The third kappa shape index (κ3) is 3.36. The van der Waals surface area contributed by atoms with Gasteiger partial charge >= 0.3 is 0 Å². The SMILES string of the molecule is Cc1nonc1CSCC(C)CN. The number of aryl methyl sites for hydroxylation is 1. The zero-order valence-electron chi connectivity index (χ0n) is 7.99. The molecule has 0 aliphatic rings. The Kier molecular flexibility index (Phi) is 4.24. The molecule has 0 fully saturated rings. The zero-order valence-corrected chi connectivity index (χ0v) is 8.80. The van der Waals surface area contributed by atoms with Crippen LogP contribution in [0.2, 0.25) is 0 Å². The van der Waals surface area contributed by atoms with Gasteiger partial charge < -0.3 is 5.73 Å². The van der Waals surface area contributed by atoms with Crippen molar-refractivity contribution in [3.63, 3.8) is 0 Å². The van der Waals surface area contributed by atoms with Crippen LogP contribution in [0.4, 0.5) is 0 Å². The number of aromatic nitrogens is 2. The first kappa shape index (κ1) is 10.5. The smallest absolute Gasteiger partial charge is 0.117 e. The lowest BCUT2D eigenvalue weighted by molar-refractivity contribution is 0.302. The van der Waals surface area contributed by atoms with Gasteiger partial charge in [-0.05, 0) is 25.1 Å². The fraction of sp³-hybridized carbons (Fsp3) is 0.750. The second-order valence-electron chi connectivity index (χ2n) is 3.15. The molecule has 0 aromatic carbocycles. The molecule has 2 N–H and O–H groups in total. The summed E-state index contributed by atoms with van der Waals surface area (Å²) in [7, 11) is 0. The van der Waals surface area contributed by atoms with E-state index < -0.39 is 0 Å². The van der Waals surface area contributed by atoms with E-state index in [0.29, 0.717) is 5.92 Å². The molecule has 0 aliphatic carbocycles. The molecule has 1 atom stereocenters. The van der Waals surface area contributed by atoms with Crippen LogP contribution in [0, 0.1) is 12.8 Å². The minimum absolute atomic E-state index is 0.560. The van der Waals surface area contributed by atoms with Crippen LogP contribution >= 0.6 is 11.8 Å². The summed E-state index contributed by atoms with van der Waals surface area (Å²) in [5.74, 6) is 2.48. The number of nitrogens with two attached hydrogens (primary N) is 1. The van der Waals surface area contributed by atoms with Crippen LogP contribution in [0.15, 0.2) is 4.63 Å². The summed E-state index contributed by atoms with van der Waals surface area (Å²) < 4.78 is 4.59. The van der Waals surface area contributed by atoms with Gasteiger partial charge in [-0.3, -0.25) is 0 Å². The lowest BCUT2D eigenvalue weighted by Crippen LogP contribution is -2.12. The molecule has 5 heteroatoms. The van der Waals surface area contributed by atoms with Crippen molar-refractivity contribution in [1.82, 2.24) is 10.3 Å². The van der Waals surface area contributed by atoms with Crippen molar-refractivity contribution < 1.29 is 4.63 Å². The number of hydrogen-bond donors (Lipinski definition) is 1. The Hall–Kier alpha value is -0.550. The molecule has 0 radical (unpaired) electrons. The average Bonchev–Trinajstić information content (AvgIpc) is 2.52. The number of hydrogen-bond acceptors (Lipinski definition) is 5. The molecule has 4 nitrogen and oxygen atoms in total. The lowest BCUT2D eigenvalue weighted by Gasteiger charge is -2.05. The standard InChI is InChI=1S/C8H15N3OS/c1-6(3-9)4-13-5-8-7(2)10-12-11-8/h6H,3-5,9H2,1-2H3. The maximum absolute atomic E-state index is 5.50. The third-order valence-corrected chi connectivity index (χ3v) is 3.07. The molecule has 0 amide bonds. The van der Waals surface area contributed by atoms with Crippen LogP contribution in [0.25, 0.3) is 0 Å². The predicted molar refractivity (Wildman–Crippen MR) is 53.4 cm³/mol. The van der Waals surface area contributed by atoms with Gasteiger partial charge in [0.1, 0.15) is 11.4 Å². The largest absolute Gasteiger partial charge is 0.330 e. The van der Waals surface area contributed by atoms with Crippen molar-refractivity contribution in [2.45, 2.75) is 19.6 Å². The number of rotatable bonds is 5. The zero-order chi connectivity index (χ0) is 9.68. The summed E-state index contributed by atoms with van der Waals surface area (Å²) in [5, 5.41) is 7.51. The maximum atomic E-state index is 5.50. The number of nitrogens with zero attached hydrogens (tertiary/aromatic N) is 2. The topological polar surface area (TPSA) is 64.9 Å². The molecule has 0 saturated carbocycles. The normalized spacial score (nSPS) is 13.2. The Morgan fingerprint density at radius 3 is 2.85 bits per heavy atom. The molecule has 1 rings (SSSR count). The first-order chi connectivity index (χ1) is 6.24. The van der Waals surface area contributed by atoms with Crippen molar-refractivity contribution in [2.75, 3.05) is 12.3 Å². The van der Waals surface area contributed by atoms with Crippen LogP contribution in [-0.2, 0) is 5.75 Å². The quantitative estimate of drug-likeness (QED) is 0.775. The highest BCUT2D eigenvalue weighted by Crippen LogP contribution is 2.15. The third-order valence-electron chi connectivity index (χ3n) is 1.79. The molecule has 1 aromatic heterocycles. The molecule has 0 bridgehead atoms. The van der Waals surface area contributed by atoms with Gasteiger partial charge in [-0.25, -0.2) is 4.63 Å². The fourth-order valence-corrected chi connectivity index (χ4v) is 1.92. The van der Waals surface area contributed by atoms with E-state index in [-0.39, 0.29) is 0 Å². The Morgan fingerprint density at radius 1 is 1.54 bits per heavy atom. The first-order valence-electron chi connectivity index (χ1n) is 4.30. The summed E-state index contributed by atoms with van der Waals surface area (Å²) in [4.78, 5) is 0. The van der Waals surface area contributed by atoms with Crippen molar-refractivity contribution >= 4 is 11.8 Å². The summed E-state index contributed by atoms with van der Waals surface area (Å²) in [6.45, 7) is 4.78. The molecular formula is C8H15N3OS. The number of thioether (sulfide) groups is 1. The molecule has 1 heterocycles. The van der Waals surface area contributed by atoms with E-state index in [2.05, 4.69) is 21.9 Å². The molecule has 1 aromatic rings. The highest BCUT2D eigenvalue weighted by molar-refractivity contribution is 7.98. The van der Waals surface area contributed by atoms with Gasteiger partial charge in [0, 0.05) is 5.75 Å². The lowest BCUT2D eigenvalue weighted by atomic mass is 10.2. The van der Waals surface area contributed by atoms with Gasteiger partial charge in [0.15, 0.2) is 0 Å². The van der Waals surface area contributed by atoms with E-state index >= 15 is 0 Å². The van der Waals surface area contributed by atoms with E-state index in [1.807, 2.05) is 18.7 Å². The monoisotopic (exact) mass is 201 g/mol. The minimum Gasteiger partial charge on any atom is -0.330 e. The van der Waals surface area contributed by atoms with Crippen LogP contribution in [0.3, 0.4) is 0 Å². The molecule has 13 heavy (non-hydrogen) atoms. The summed E-state index contributed by atoms with van der Waals surface area (Å²) in [5.41, 5.74) is 7.32. The second kappa shape index (κ2) is 5.24. The Morgan fingerprint density at radius 2 is 2.31 bits per heavy atom. The van der Waals surface area contributed by atoms with E-state index in [1.165, 1.54) is 0 Å². The van der Waals surface area contributed by atoms with Crippen molar-refractivity contribution in [3.05, 3.63) is 11.4 Å². The second-order valence-corrected chi connectivity index (χ2v) is 4.18. The van der Waals surface area contributed by atoms with Crippen LogP contribution < -0.4 is 5.73 Å². The summed E-state index contributed by atoms with van der Waals surface area (Å²) in [6, 6.07) is 0. The Labute approximate surface area is 82.2 Å². The highest BCUT2D eigenvalue weighted by atomic mass is 32.2. The predicted octanol–water partition coefficient (Wildman–Crippen LogP) is 1.21. The van der Waals surface area contributed by atoms with Crippen LogP contribution in [0.5, 0.6) is 0 Å². The fourth-order valence-electron chi connectivity index (χ4n) is 0.805. The molecular weight excluding hydrogens is 186 g/mol. The van der Waals surface area contributed by atoms with Gasteiger partial charge in [0.05, 0.1) is 0 Å². The van der Waals surface area contributed by atoms with Crippen molar-refractivity contribution in [2.24, 2.45) is 11.7 Å². The molecule has 0 saturated heterocycles. The Bertz CT molecular complexity index is 251. The van der Waals surface area contributed by atoms with Crippen LogP contribution in [0.1, 0.15) is 18.3 Å². The first-order valence-corrected chi connectivity index (χ1v) is 5.45. The van der Waals surface area contributed by atoms with Crippen molar-refractivity contribution in [1.29, 1.82) is 0 Å². The van der Waals surface area contributed by atoms with Gasteiger partial charge in [-0.2, -0.15) is 11.8 Å². The molecule has 74 valence electrons. The van der Waals surface area contributed by atoms with Gasteiger partial charge in [0.2, 0.25) is 0 Å². The Balaban J connectivity index is 2.24. The highest BCUT2D eigenvalue weighted by Gasteiger charge is 2.05. The minimum atomic E-state index is 0.560. The van der Waals surface area contributed by atoms with E-state index in [1.54, 1.807) is 0 Å². The van der Waals surface area contributed by atoms with E-state index in [0.717, 1.165) is 29.4 Å². The van der Waals surface area contributed by atoms with Crippen LogP contribution in [-0.4, -0.2) is 22.6 Å². The van der Waals surface area contributed by atoms with Crippen molar-refractivity contribution in [3.8, 4) is 0 Å². The summed E-state index contributed by atoms with van der Waals surface area (Å²) in [6.07, 6.45) is 0.